The molecule has 3 saturated heterocycles. The van der Waals surface area contributed by atoms with E-state index in [1.165, 1.54) is 29.3 Å². The molecular formula is C40H42Cl2N4O7. The number of ether oxygens (including phenoxy) is 4. The van der Waals surface area contributed by atoms with Crippen LogP contribution in [0.15, 0.2) is 79.1 Å². The third kappa shape index (κ3) is 8.87. The molecular weight excluding hydrogens is 719 g/mol. The number of hydrogen-bond acceptors (Lipinski definition) is 9. The van der Waals surface area contributed by atoms with Crippen molar-refractivity contribution in [2.45, 2.75) is 38.0 Å². The van der Waals surface area contributed by atoms with E-state index < -0.39 is 18.2 Å². The number of fused-ring (bicyclic) bond motifs is 3. The number of halogens is 2. The zero-order valence-corrected chi connectivity index (χ0v) is 31.6. The molecule has 0 spiro atoms. The van der Waals surface area contributed by atoms with Crippen molar-refractivity contribution in [3.8, 4) is 11.5 Å². The van der Waals surface area contributed by atoms with Crippen LogP contribution in [-0.2, 0) is 22.4 Å². The van der Waals surface area contributed by atoms with Crippen molar-refractivity contribution in [3.05, 3.63) is 117 Å². The van der Waals surface area contributed by atoms with Gasteiger partial charge in [-0.15, -0.1) is 0 Å². The summed E-state index contributed by atoms with van der Waals surface area (Å²) >= 11 is 12.9. The predicted octanol–water partition coefficient (Wildman–Crippen LogP) is 7.49. The number of hydrogen-bond donors (Lipinski definition) is 0. The largest absolute Gasteiger partial charge is 0.493 e. The molecule has 3 aliphatic heterocycles. The molecule has 11 nitrogen and oxygen atoms in total. The molecule has 1 aromatic heterocycles. The molecule has 2 bridgehead atoms. The van der Waals surface area contributed by atoms with Gasteiger partial charge in [-0.1, -0.05) is 47.5 Å². The lowest BCUT2D eigenvalue weighted by Gasteiger charge is -2.44. The van der Waals surface area contributed by atoms with Crippen LogP contribution in [0, 0.1) is 5.92 Å². The zero-order chi connectivity index (χ0) is 37.6. The van der Waals surface area contributed by atoms with Gasteiger partial charge in [0, 0.05) is 50.7 Å². The second-order valence-electron chi connectivity index (χ2n) is 13.4. The number of pyridine rings is 1. The molecule has 2 atom stereocenters. The quantitative estimate of drug-likeness (QED) is 0.136. The summed E-state index contributed by atoms with van der Waals surface area (Å²) in [7, 11) is 6.43. The van der Waals surface area contributed by atoms with Gasteiger partial charge in [0.25, 0.3) is 5.91 Å². The minimum absolute atomic E-state index is 0.141. The lowest BCUT2D eigenvalue weighted by atomic mass is 9.86. The number of carbonyl (C=O) groups is 3. The molecule has 0 aliphatic carbocycles. The highest BCUT2D eigenvalue weighted by Gasteiger charge is 2.37. The fourth-order valence-electron chi connectivity index (χ4n) is 6.79. The molecule has 0 unspecified atom stereocenters. The minimum Gasteiger partial charge on any atom is -0.493 e. The number of aromatic nitrogens is 1. The van der Waals surface area contributed by atoms with Crippen molar-refractivity contribution in [1.29, 1.82) is 0 Å². The Labute approximate surface area is 319 Å². The number of anilines is 1. The fourth-order valence-corrected chi connectivity index (χ4v) is 7.31. The van der Waals surface area contributed by atoms with E-state index in [1.54, 1.807) is 87.9 Å². The second-order valence-corrected chi connectivity index (χ2v) is 14.2. The molecule has 0 N–H and O–H groups in total. The molecule has 7 rings (SSSR count). The van der Waals surface area contributed by atoms with Crippen LogP contribution in [0.5, 0.6) is 11.5 Å². The maximum Gasteiger partial charge on any atom is 0.414 e. The van der Waals surface area contributed by atoms with Gasteiger partial charge in [-0.05, 0) is 91.0 Å². The number of benzene rings is 3. The average Bonchev–Trinajstić information content (AvgIpc) is 3.18. The Hall–Kier alpha value is -4.84. The lowest BCUT2D eigenvalue weighted by molar-refractivity contribution is -0.0311. The molecule has 278 valence electrons. The van der Waals surface area contributed by atoms with Gasteiger partial charge >= 0.3 is 12.1 Å². The monoisotopic (exact) mass is 760 g/mol. The van der Waals surface area contributed by atoms with Gasteiger partial charge in [0.1, 0.15) is 12.2 Å². The van der Waals surface area contributed by atoms with Gasteiger partial charge in [-0.25, -0.2) is 9.59 Å². The molecule has 4 aromatic rings. The fraction of sp³-hybridized carbons (Fsp3) is 0.350. The van der Waals surface area contributed by atoms with Crippen LogP contribution in [-0.4, -0.2) is 86.8 Å². The van der Waals surface area contributed by atoms with Crippen molar-refractivity contribution < 1.29 is 33.3 Å². The maximum atomic E-state index is 13.9. The van der Waals surface area contributed by atoms with Crippen LogP contribution in [0.3, 0.4) is 0 Å². The summed E-state index contributed by atoms with van der Waals surface area (Å²) in [6, 6.07) is 19.0. The second kappa shape index (κ2) is 16.9. The molecule has 3 aromatic carbocycles. The Kier molecular flexibility index (Phi) is 12.1. The number of esters is 1. The van der Waals surface area contributed by atoms with E-state index in [4.69, 9.17) is 42.1 Å². The Morgan fingerprint density at radius 3 is 2.21 bits per heavy atom. The van der Waals surface area contributed by atoms with Gasteiger partial charge in [-0.3, -0.25) is 19.6 Å². The van der Waals surface area contributed by atoms with Crippen molar-refractivity contribution in [3.63, 3.8) is 0 Å². The van der Waals surface area contributed by atoms with Crippen molar-refractivity contribution >= 4 is 46.9 Å². The van der Waals surface area contributed by atoms with E-state index >= 15 is 0 Å². The van der Waals surface area contributed by atoms with Crippen LogP contribution in [0.2, 0.25) is 10.0 Å². The molecule has 0 radical (unpaired) electrons. The summed E-state index contributed by atoms with van der Waals surface area (Å²) in [5.41, 5.74) is 3.23. The molecule has 2 amide bonds. The number of methoxy groups -OCH3 is 2. The summed E-state index contributed by atoms with van der Waals surface area (Å²) in [5, 5.41) is 0.688. The summed E-state index contributed by atoms with van der Waals surface area (Å²) in [5.74, 6) is 0.558. The Morgan fingerprint density at radius 2 is 1.58 bits per heavy atom. The van der Waals surface area contributed by atoms with Crippen LogP contribution >= 0.6 is 23.2 Å². The molecule has 3 fully saturated rings. The summed E-state index contributed by atoms with van der Waals surface area (Å²) in [4.78, 5) is 49.8. The normalized spacial score (nSPS) is 18.1. The first-order chi connectivity index (χ1) is 25.5. The van der Waals surface area contributed by atoms with Gasteiger partial charge < -0.3 is 23.8 Å². The first-order valence-electron chi connectivity index (χ1n) is 17.4. The van der Waals surface area contributed by atoms with Gasteiger partial charge in [0.05, 0.1) is 36.4 Å². The molecule has 3 aliphatic rings. The maximum absolute atomic E-state index is 13.9. The molecule has 4 heterocycles. The van der Waals surface area contributed by atoms with Gasteiger partial charge in [0.15, 0.2) is 11.5 Å². The van der Waals surface area contributed by atoms with E-state index in [0.717, 1.165) is 31.5 Å². The lowest BCUT2D eigenvalue weighted by Crippen LogP contribution is -2.53. The number of carbonyl (C=O) groups excluding carboxylic acids is 3. The highest BCUT2D eigenvalue weighted by atomic mass is 35.5. The van der Waals surface area contributed by atoms with Crippen molar-refractivity contribution in [1.82, 2.24) is 14.8 Å². The molecule has 53 heavy (non-hydrogen) atoms. The third-order valence-corrected chi connectivity index (χ3v) is 10.4. The Bertz CT molecular complexity index is 1930. The number of rotatable bonds is 12. The highest BCUT2D eigenvalue weighted by molar-refractivity contribution is 6.35. The Balaban J connectivity index is 1.24. The molecule has 0 saturated carbocycles. The number of piperidine rings is 3. The number of amides is 2. The van der Waals surface area contributed by atoms with E-state index in [2.05, 4.69) is 9.88 Å². The smallest absolute Gasteiger partial charge is 0.414 e. The first-order valence-corrected chi connectivity index (χ1v) is 18.1. The van der Waals surface area contributed by atoms with E-state index in [9.17, 15) is 14.4 Å². The average molecular weight is 762 g/mol. The SMILES string of the molecule is COc1ccc([C@H](Cc2c(Cl)cncc2Cl)OC(=O)c2ccc(CN(C(=O)O[C@H]3CN4CCC3CC4)c3cccc(C(=O)N(C)C)c3)cc2)cc1OC. The highest BCUT2D eigenvalue weighted by Crippen LogP contribution is 2.36. The van der Waals surface area contributed by atoms with Crippen LogP contribution in [0.25, 0.3) is 0 Å². The molecule has 13 heteroatoms. The third-order valence-electron chi connectivity index (χ3n) is 9.78. The zero-order valence-electron chi connectivity index (χ0n) is 30.1. The van der Waals surface area contributed by atoms with E-state index in [1.807, 2.05) is 0 Å². The van der Waals surface area contributed by atoms with E-state index in [0.29, 0.717) is 61.9 Å². The summed E-state index contributed by atoms with van der Waals surface area (Å²) in [6.07, 6.45) is 3.65. The summed E-state index contributed by atoms with van der Waals surface area (Å²) < 4.78 is 23.2. The predicted molar refractivity (Wildman–Crippen MR) is 202 cm³/mol. The first kappa shape index (κ1) is 37.9. The topological polar surface area (TPSA) is 111 Å². The Morgan fingerprint density at radius 1 is 0.887 bits per heavy atom. The summed E-state index contributed by atoms with van der Waals surface area (Å²) in [6.45, 7) is 2.89. The van der Waals surface area contributed by atoms with Crippen LogP contribution < -0.4 is 14.4 Å². The van der Waals surface area contributed by atoms with Crippen LogP contribution in [0.1, 0.15) is 56.4 Å². The van der Waals surface area contributed by atoms with E-state index in [-0.39, 0.29) is 25.0 Å². The standard InChI is InChI=1S/C40H42Cl2N4O7/c1-44(2)38(47)29-6-5-7-30(18-29)46(40(49)53-37-24-45-16-14-26(37)15-17-45)23-25-8-10-27(11-9-25)39(48)52-35(20-31-32(41)21-43-22-33(31)42)28-12-13-34(50-3)36(19-28)51-4/h5-13,18-19,21-22,26,35,37H,14-17,20,23-24H2,1-4H3/t35-,37-/m0/s1. The van der Waals surface area contributed by atoms with Gasteiger partial charge in [-0.2, -0.15) is 0 Å². The van der Waals surface area contributed by atoms with Gasteiger partial charge in [0.2, 0.25) is 0 Å². The van der Waals surface area contributed by atoms with Crippen molar-refractivity contribution in [2.75, 3.05) is 52.8 Å². The van der Waals surface area contributed by atoms with Crippen molar-refractivity contribution in [2.24, 2.45) is 5.92 Å². The number of nitrogens with zero attached hydrogens (tertiary/aromatic N) is 4. The minimum atomic E-state index is -0.798. The van der Waals surface area contributed by atoms with Crippen LogP contribution in [0.4, 0.5) is 10.5 Å².